The number of rotatable bonds is 2. The van der Waals surface area contributed by atoms with Gasteiger partial charge in [0.25, 0.3) is 0 Å². The third-order valence-electron chi connectivity index (χ3n) is 3.27. The lowest BCUT2D eigenvalue weighted by Crippen LogP contribution is -2.14. The van der Waals surface area contributed by atoms with E-state index < -0.39 is 0 Å². The number of nitrogens with two attached hydrogens (primary N) is 1. The first-order chi connectivity index (χ1) is 8.18. The van der Waals surface area contributed by atoms with Crippen molar-refractivity contribution < 1.29 is 0 Å². The van der Waals surface area contributed by atoms with Crippen molar-refractivity contribution in [1.82, 2.24) is 0 Å². The van der Waals surface area contributed by atoms with Gasteiger partial charge in [0.2, 0.25) is 0 Å². The first-order valence-corrected chi connectivity index (χ1v) is 7.66. The second-order valence-electron chi connectivity index (χ2n) is 4.52. The third kappa shape index (κ3) is 3.43. The summed E-state index contributed by atoms with van der Waals surface area (Å²) in [4.78, 5) is 0. The average molecular weight is 359 g/mol. The van der Waals surface area contributed by atoms with Crippen molar-refractivity contribution in [3.63, 3.8) is 0 Å². The zero-order valence-corrected chi connectivity index (χ0v) is 12.9. The Morgan fingerprint density at radius 1 is 1.12 bits per heavy atom. The predicted octanol–water partition coefficient (Wildman–Crippen LogP) is 5.10. The highest BCUT2D eigenvalue weighted by molar-refractivity contribution is 9.11. The molecule has 1 aliphatic carbocycles. The van der Waals surface area contributed by atoms with Crippen LogP contribution in [0.1, 0.15) is 43.7 Å². The molecule has 2 N–H and O–H groups in total. The van der Waals surface area contributed by atoms with E-state index in [-0.39, 0.29) is 6.04 Å². The van der Waals surface area contributed by atoms with Crippen LogP contribution in [0.3, 0.4) is 0 Å². The Balaban J connectivity index is 2.26. The molecule has 1 nitrogen and oxygen atoms in total. The van der Waals surface area contributed by atoms with Crippen molar-refractivity contribution in [3.05, 3.63) is 44.4 Å². The van der Waals surface area contributed by atoms with Crippen LogP contribution >= 0.6 is 31.9 Å². The molecule has 0 bridgehead atoms. The fourth-order valence-corrected chi connectivity index (χ4v) is 3.15. The van der Waals surface area contributed by atoms with Gasteiger partial charge in [0.05, 0.1) is 6.04 Å². The highest BCUT2D eigenvalue weighted by Crippen LogP contribution is 2.33. The van der Waals surface area contributed by atoms with Gasteiger partial charge in [-0.15, -0.1) is 0 Å². The normalized spacial score (nSPS) is 18.4. The Labute approximate surface area is 120 Å². The van der Waals surface area contributed by atoms with E-state index in [9.17, 15) is 0 Å². The van der Waals surface area contributed by atoms with Gasteiger partial charge in [0.15, 0.2) is 0 Å². The number of allylic oxidation sites excluding steroid dienone is 1. The summed E-state index contributed by atoms with van der Waals surface area (Å²) < 4.78 is 2.18. The highest BCUT2D eigenvalue weighted by Gasteiger charge is 2.16. The summed E-state index contributed by atoms with van der Waals surface area (Å²) in [6, 6.07) is 6.22. The standard InChI is InChI=1S/C14H17Br2N/c15-11-7-8-13(16)12(9-11)14(17)10-5-3-1-2-4-6-10/h5,7-9,14H,1-4,6,17H2. The Bertz CT molecular complexity index is 426. The Morgan fingerprint density at radius 2 is 1.94 bits per heavy atom. The highest BCUT2D eigenvalue weighted by atomic mass is 79.9. The molecule has 0 aliphatic heterocycles. The fourth-order valence-electron chi connectivity index (χ4n) is 2.27. The zero-order valence-electron chi connectivity index (χ0n) is 9.76. The molecule has 0 fully saturated rings. The zero-order chi connectivity index (χ0) is 12.3. The minimum absolute atomic E-state index is 0.0278. The number of hydrogen-bond donors (Lipinski definition) is 1. The van der Waals surface area contributed by atoms with Crippen LogP contribution in [0.25, 0.3) is 0 Å². The molecular weight excluding hydrogens is 342 g/mol. The van der Waals surface area contributed by atoms with Crippen LogP contribution in [0.15, 0.2) is 38.8 Å². The molecule has 0 saturated carbocycles. The van der Waals surface area contributed by atoms with Crippen molar-refractivity contribution in [2.75, 3.05) is 0 Å². The van der Waals surface area contributed by atoms with E-state index in [4.69, 9.17) is 5.73 Å². The van der Waals surface area contributed by atoms with Crippen LogP contribution in [0, 0.1) is 0 Å². The van der Waals surface area contributed by atoms with Gasteiger partial charge in [-0.25, -0.2) is 0 Å². The van der Waals surface area contributed by atoms with Gasteiger partial charge in [-0.3, -0.25) is 0 Å². The van der Waals surface area contributed by atoms with Crippen molar-refractivity contribution in [2.45, 2.75) is 38.1 Å². The Morgan fingerprint density at radius 3 is 2.76 bits per heavy atom. The Kier molecular flexibility index (Phi) is 4.83. The van der Waals surface area contributed by atoms with E-state index >= 15 is 0 Å². The lowest BCUT2D eigenvalue weighted by Gasteiger charge is -2.17. The summed E-state index contributed by atoms with van der Waals surface area (Å²) >= 11 is 7.10. The smallest absolute Gasteiger partial charge is 0.0522 e. The second-order valence-corrected chi connectivity index (χ2v) is 6.29. The minimum atomic E-state index is 0.0278. The molecule has 0 saturated heterocycles. The van der Waals surface area contributed by atoms with Crippen LogP contribution in [0.2, 0.25) is 0 Å². The quantitative estimate of drug-likeness (QED) is 0.731. The summed E-state index contributed by atoms with van der Waals surface area (Å²) in [7, 11) is 0. The van der Waals surface area contributed by atoms with Crippen molar-refractivity contribution in [1.29, 1.82) is 0 Å². The maximum atomic E-state index is 6.39. The number of benzene rings is 1. The lowest BCUT2D eigenvalue weighted by atomic mass is 9.96. The van der Waals surface area contributed by atoms with Gasteiger partial charge in [0.1, 0.15) is 0 Å². The second kappa shape index (κ2) is 6.17. The van der Waals surface area contributed by atoms with E-state index in [0.29, 0.717) is 0 Å². The van der Waals surface area contributed by atoms with E-state index in [0.717, 1.165) is 15.4 Å². The van der Waals surface area contributed by atoms with Gasteiger partial charge in [-0.05, 0) is 49.4 Å². The minimum Gasteiger partial charge on any atom is -0.321 e. The summed E-state index contributed by atoms with van der Waals surface area (Å²) in [5, 5.41) is 0. The SMILES string of the molecule is NC(C1=CCCCCC1)c1cc(Br)ccc1Br. The van der Waals surface area contributed by atoms with Crippen molar-refractivity contribution >= 4 is 31.9 Å². The molecule has 1 aromatic carbocycles. The lowest BCUT2D eigenvalue weighted by molar-refractivity contribution is 0.687. The number of hydrogen-bond acceptors (Lipinski definition) is 1. The molecule has 3 heteroatoms. The van der Waals surface area contributed by atoms with Crippen molar-refractivity contribution in [2.24, 2.45) is 5.73 Å². The molecule has 0 heterocycles. The molecule has 1 aliphatic rings. The topological polar surface area (TPSA) is 26.0 Å². The van der Waals surface area contributed by atoms with Crippen LogP contribution < -0.4 is 5.73 Å². The van der Waals surface area contributed by atoms with Gasteiger partial charge in [-0.2, -0.15) is 0 Å². The first kappa shape index (κ1) is 13.3. The molecule has 0 radical (unpaired) electrons. The first-order valence-electron chi connectivity index (χ1n) is 6.08. The summed E-state index contributed by atoms with van der Waals surface area (Å²) in [5.74, 6) is 0. The van der Waals surface area contributed by atoms with Gasteiger partial charge in [0, 0.05) is 8.95 Å². The van der Waals surface area contributed by atoms with Crippen LogP contribution in [-0.2, 0) is 0 Å². The average Bonchev–Trinajstić information content (AvgIpc) is 2.60. The molecule has 17 heavy (non-hydrogen) atoms. The van der Waals surface area contributed by atoms with Crippen molar-refractivity contribution in [3.8, 4) is 0 Å². The molecular formula is C14H17Br2N. The summed E-state index contributed by atoms with van der Waals surface area (Å²) in [6.45, 7) is 0. The van der Waals surface area contributed by atoms with Crippen LogP contribution in [0.5, 0.6) is 0 Å². The van der Waals surface area contributed by atoms with E-state index in [1.165, 1.54) is 36.8 Å². The molecule has 0 spiro atoms. The third-order valence-corrected chi connectivity index (χ3v) is 4.48. The Hall–Kier alpha value is -0.120. The van der Waals surface area contributed by atoms with E-state index in [1.54, 1.807) is 0 Å². The van der Waals surface area contributed by atoms with Crippen LogP contribution in [0.4, 0.5) is 0 Å². The molecule has 0 aromatic heterocycles. The summed E-state index contributed by atoms with van der Waals surface area (Å²) in [6.07, 6.45) is 8.55. The molecule has 0 amide bonds. The monoisotopic (exact) mass is 357 g/mol. The molecule has 1 unspecified atom stereocenters. The summed E-state index contributed by atoms with van der Waals surface area (Å²) in [5.41, 5.74) is 8.95. The van der Waals surface area contributed by atoms with Gasteiger partial charge < -0.3 is 5.73 Å². The van der Waals surface area contributed by atoms with Gasteiger partial charge in [-0.1, -0.05) is 49.9 Å². The maximum Gasteiger partial charge on any atom is 0.0522 e. The maximum absolute atomic E-state index is 6.39. The molecule has 92 valence electrons. The van der Waals surface area contributed by atoms with Gasteiger partial charge >= 0.3 is 0 Å². The largest absolute Gasteiger partial charge is 0.321 e. The molecule has 1 aromatic rings. The van der Waals surface area contributed by atoms with E-state index in [2.05, 4.69) is 50.1 Å². The fraction of sp³-hybridized carbons (Fsp3) is 0.429. The van der Waals surface area contributed by atoms with E-state index in [1.807, 2.05) is 6.07 Å². The molecule has 1 atom stereocenters. The van der Waals surface area contributed by atoms with Crippen LogP contribution in [-0.4, -0.2) is 0 Å². The number of halogens is 2. The predicted molar refractivity (Wildman–Crippen MR) is 79.9 cm³/mol. The molecule has 2 rings (SSSR count).